The van der Waals surface area contributed by atoms with E-state index in [2.05, 4.69) is 24.1 Å². The molecule has 0 aromatic rings. The predicted octanol–water partition coefficient (Wildman–Crippen LogP) is 4.06. The maximum atomic E-state index is 4.04. The average Bonchev–Trinajstić information content (AvgIpc) is 3.22. The van der Waals surface area contributed by atoms with E-state index in [-0.39, 0.29) is 0 Å². The minimum absolute atomic E-state index is 0.768. The van der Waals surface area contributed by atoms with Crippen molar-refractivity contribution in [1.29, 1.82) is 0 Å². The molecule has 1 heterocycles. The molecule has 1 saturated heterocycles. The molecule has 0 amide bonds. The highest BCUT2D eigenvalue weighted by Crippen LogP contribution is 2.38. The number of hydrogen-bond donors (Lipinski definition) is 1. The average molecular weight is 293 g/mol. The molecule has 122 valence electrons. The van der Waals surface area contributed by atoms with Crippen LogP contribution in [0, 0.1) is 17.8 Å². The second kappa shape index (κ2) is 7.46. The normalized spacial score (nSPS) is 32.7. The summed E-state index contributed by atoms with van der Waals surface area (Å²) in [6, 6.07) is 1.59. The zero-order valence-electron chi connectivity index (χ0n) is 14.3. The van der Waals surface area contributed by atoms with Gasteiger partial charge in [0.2, 0.25) is 0 Å². The Balaban J connectivity index is 1.52. The summed E-state index contributed by atoms with van der Waals surface area (Å²) in [5, 5.41) is 4.04. The molecule has 2 nitrogen and oxygen atoms in total. The van der Waals surface area contributed by atoms with Crippen molar-refractivity contribution in [2.24, 2.45) is 17.8 Å². The molecule has 3 fully saturated rings. The molecule has 0 radical (unpaired) electrons. The van der Waals surface area contributed by atoms with Gasteiger partial charge in [-0.1, -0.05) is 46.0 Å². The molecular weight excluding hydrogens is 256 g/mol. The highest BCUT2D eigenvalue weighted by Gasteiger charge is 2.33. The molecule has 21 heavy (non-hydrogen) atoms. The minimum Gasteiger partial charge on any atom is -0.310 e. The van der Waals surface area contributed by atoms with Crippen LogP contribution in [0.2, 0.25) is 0 Å². The van der Waals surface area contributed by atoms with Crippen molar-refractivity contribution < 1.29 is 0 Å². The quantitative estimate of drug-likeness (QED) is 0.794. The van der Waals surface area contributed by atoms with Crippen LogP contribution in [0.5, 0.6) is 0 Å². The first kappa shape index (κ1) is 15.8. The number of rotatable bonds is 6. The Kier molecular flexibility index (Phi) is 5.61. The smallest absolute Gasteiger partial charge is 0.0200 e. The van der Waals surface area contributed by atoms with Crippen LogP contribution in [0.15, 0.2) is 0 Å². The Morgan fingerprint density at radius 2 is 1.67 bits per heavy atom. The van der Waals surface area contributed by atoms with E-state index < -0.39 is 0 Å². The van der Waals surface area contributed by atoms with Gasteiger partial charge >= 0.3 is 0 Å². The van der Waals surface area contributed by atoms with Gasteiger partial charge in [-0.2, -0.15) is 0 Å². The van der Waals surface area contributed by atoms with E-state index in [1.807, 2.05) is 0 Å². The van der Waals surface area contributed by atoms with E-state index >= 15 is 0 Å². The van der Waals surface area contributed by atoms with Gasteiger partial charge in [-0.05, 0) is 43.4 Å². The van der Waals surface area contributed by atoms with E-state index in [0.717, 1.165) is 29.8 Å². The Labute approximate surface area is 132 Å². The molecule has 3 aliphatic rings. The zero-order chi connectivity index (χ0) is 14.7. The summed E-state index contributed by atoms with van der Waals surface area (Å²) in [7, 11) is 0. The largest absolute Gasteiger partial charge is 0.310 e. The van der Waals surface area contributed by atoms with Gasteiger partial charge in [-0.3, -0.25) is 0 Å². The maximum absolute atomic E-state index is 4.04. The lowest BCUT2D eigenvalue weighted by atomic mass is 9.87. The van der Waals surface area contributed by atoms with Gasteiger partial charge in [0.05, 0.1) is 0 Å². The number of nitrogens with one attached hydrogen (secondary N) is 1. The van der Waals surface area contributed by atoms with Crippen molar-refractivity contribution in [1.82, 2.24) is 10.2 Å². The zero-order valence-corrected chi connectivity index (χ0v) is 14.3. The van der Waals surface area contributed by atoms with Crippen LogP contribution in [0.25, 0.3) is 0 Å². The van der Waals surface area contributed by atoms with E-state index in [0.29, 0.717) is 0 Å². The molecule has 0 spiro atoms. The van der Waals surface area contributed by atoms with Crippen LogP contribution < -0.4 is 5.32 Å². The summed E-state index contributed by atoms with van der Waals surface area (Å²) in [5.41, 5.74) is 0. The molecule has 0 aromatic carbocycles. The van der Waals surface area contributed by atoms with Crippen LogP contribution in [0.1, 0.15) is 71.6 Å². The second-order valence-electron chi connectivity index (χ2n) is 8.59. The fourth-order valence-electron chi connectivity index (χ4n) is 4.69. The summed E-state index contributed by atoms with van der Waals surface area (Å²) in [5.74, 6) is 2.86. The van der Waals surface area contributed by atoms with Crippen molar-refractivity contribution in [3.8, 4) is 0 Å². The summed E-state index contributed by atoms with van der Waals surface area (Å²) < 4.78 is 0. The van der Waals surface area contributed by atoms with E-state index in [1.165, 1.54) is 77.4 Å². The van der Waals surface area contributed by atoms with Gasteiger partial charge in [0, 0.05) is 31.7 Å². The first-order valence-corrected chi connectivity index (χ1v) is 9.67. The third-order valence-corrected chi connectivity index (χ3v) is 5.68. The lowest BCUT2D eigenvalue weighted by Crippen LogP contribution is -2.52. The summed E-state index contributed by atoms with van der Waals surface area (Å²) in [6.45, 7) is 8.71. The maximum Gasteiger partial charge on any atom is 0.0200 e. The summed E-state index contributed by atoms with van der Waals surface area (Å²) >= 11 is 0. The van der Waals surface area contributed by atoms with Crippen molar-refractivity contribution >= 4 is 0 Å². The summed E-state index contributed by atoms with van der Waals surface area (Å²) in [4.78, 5) is 2.77. The van der Waals surface area contributed by atoms with Crippen LogP contribution >= 0.6 is 0 Å². The van der Waals surface area contributed by atoms with E-state index in [4.69, 9.17) is 0 Å². The molecule has 3 rings (SSSR count). The topological polar surface area (TPSA) is 15.3 Å². The van der Waals surface area contributed by atoms with Gasteiger partial charge in [-0.15, -0.1) is 0 Å². The molecule has 2 atom stereocenters. The van der Waals surface area contributed by atoms with Gasteiger partial charge < -0.3 is 10.2 Å². The molecule has 2 unspecified atom stereocenters. The minimum atomic E-state index is 0.768. The standard InChI is InChI=1S/C19H36N2/c1-15(2)12-21-13-17(10-16-8-9-16)11-19(14-21)20-18-6-4-3-5-7-18/h15-20H,3-14H2,1-2H3. The number of piperidine rings is 1. The van der Waals surface area contributed by atoms with Gasteiger partial charge in [0.1, 0.15) is 0 Å². The Morgan fingerprint density at radius 1 is 0.905 bits per heavy atom. The van der Waals surface area contributed by atoms with Crippen LogP contribution in [0.4, 0.5) is 0 Å². The van der Waals surface area contributed by atoms with E-state index in [9.17, 15) is 0 Å². The summed E-state index contributed by atoms with van der Waals surface area (Å²) in [6.07, 6.45) is 13.2. The third-order valence-electron chi connectivity index (χ3n) is 5.68. The van der Waals surface area contributed by atoms with Crippen LogP contribution in [-0.2, 0) is 0 Å². The molecular formula is C19H36N2. The molecule has 2 saturated carbocycles. The number of nitrogens with zero attached hydrogens (tertiary/aromatic N) is 1. The number of likely N-dealkylation sites (tertiary alicyclic amines) is 1. The molecule has 2 heteroatoms. The van der Waals surface area contributed by atoms with Gasteiger partial charge in [-0.25, -0.2) is 0 Å². The van der Waals surface area contributed by atoms with Crippen molar-refractivity contribution in [3.63, 3.8) is 0 Å². The first-order chi connectivity index (χ1) is 10.2. The van der Waals surface area contributed by atoms with Crippen molar-refractivity contribution in [3.05, 3.63) is 0 Å². The van der Waals surface area contributed by atoms with Crippen molar-refractivity contribution in [2.45, 2.75) is 83.7 Å². The van der Waals surface area contributed by atoms with Crippen LogP contribution in [-0.4, -0.2) is 36.6 Å². The Hall–Kier alpha value is -0.0800. The second-order valence-corrected chi connectivity index (χ2v) is 8.59. The highest BCUT2D eigenvalue weighted by molar-refractivity contribution is 4.89. The highest BCUT2D eigenvalue weighted by atomic mass is 15.2. The molecule has 1 aliphatic heterocycles. The molecule has 2 aliphatic carbocycles. The van der Waals surface area contributed by atoms with Crippen LogP contribution in [0.3, 0.4) is 0 Å². The lowest BCUT2D eigenvalue weighted by Gasteiger charge is -2.41. The number of hydrogen-bond acceptors (Lipinski definition) is 2. The fourth-order valence-corrected chi connectivity index (χ4v) is 4.69. The fraction of sp³-hybridized carbons (Fsp3) is 1.00. The van der Waals surface area contributed by atoms with Gasteiger partial charge in [0.25, 0.3) is 0 Å². The SMILES string of the molecule is CC(C)CN1CC(CC2CC2)CC(NC2CCCCC2)C1. The monoisotopic (exact) mass is 292 g/mol. The van der Waals surface area contributed by atoms with E-state index in [1.54, 1.807) is 0 Å². The molecule has 0 bridgehead atoms. The van der Waals surface area contributed by atoms with Gasteiger partial charge in [0.15, 0.2) is 0 Å². The Bertz CT molecular complexity index is 293. The van der Waals surface area contributed by atoms with Crippen molar-refractivity contribution in [2.75, 3.05) is 19.6 Å². The first-order valence-electron chi connectivity index (χ1n) is 9.67. The Morgan fingerprint density at radius 3 is 2.33 bits per heavy atom. The third kappa shape index (κ3) is 5.25. The molecule has 0 aromatic heterocycles. The molecule has 1 N–H and O–H groups in total. The predicted molar refractivity (Wildman–Crippen MR) is 90.5 cm³/mol. The lowest BCUT2D eigenvalue weighted by molar-refractivity contribution is 0.112.